The SMILES string of the molecule is [c]1ccnn1-c1ccccc1. The Kier molecular flexibility index (Phi) is 1.44. The molecule has 1 aromatic heterocycles. The molecule has 0 aliphatic rings. The van der Waals surface area contributed by atoms with Crippen LogP contribution < -0.4 is 0 Å². The van der Waals surface area contributed by atoms with Crippen LogP contribution in [0.3, 0.4) is 0 Å². The van der Waals surface area contributed by atoms with Gasteiger partial charge in [0.15, 0.2) is 0 Å². The quantitative estimate of drug-likeness (QED) is 0.593. The van der Waals surface area contributed by atoms with E-state index < -0.39 is 0 Å². The molecule has 1 radical (unpaired) electrons. The van der Waals surface area contributed by atoms with Crippen molar-refractivity contribution < 1.29 is 0 Å². The molecule has 0 bridgehead atoms. The molecule has 2 nitrogen and oxygen atoms in total. The van der Waals surface area contributed by atoms with Gasteiger partial charge in [0.25, 0.3) is 0 Å². The number of aromatic nitrogens is 2. The highest BCUT2D eigenvalue weighted by Gasteiger charge is 1.91. The molecule has 11 heavy (non-hydrogen) atoms. The third-order valence-corrected chi connectivity index (χ3v) is 1.45. The summed E-state index contributed by atoms with van der Waals surface area (Å²) in [5.41, 5.74) is 1.04. The van der Waals surface area contributed by atoms with Crippen LogP contribution in [0.1, 0.15) is 0 Å². The Bertz CT molecular complexity index is 311. The van der Waals surface area contributed by atoms with Crippen molar-refractivity contribution in [2.24, 2.45) is 0 Å². The van der Waals surface area contributed by atoms with Crippen molar-refractivity contribution in [1.82, 2.24) is 9.78 Å². The van der Waals surface area contributed by atoms with Gasteiger partial charge in [0.05, 0.1) is 18.1 Å². The summed E-state index contributed by atoms with van der Waals surface area (Å²) >= 11 is 0. The number of nitrogens with zero attached hydrogens (tertiary/aromatic N) is 2. The summed E-state index contributed by atoms with van der Waals surface area (Å²) in [6.45, 7) is 0. The van der Waals surface area contributed by atoms with E-state index >= 15 is 0 Å². The van der Waals surface area contributed by atoms with Crippen LogP contribution in [0.5, 0.6) is 0 Å². The summed E-state index contributed by atoms with van der Waals surface area (Å²) < 4.78 is 1.71. The summed E-state index contributed by atoms with van der Waals surface area (Å²) in [5.74, 6) is 0. The molecule has 0 amide bonds. The average molecular weight is 143 g/mol. The van der Waals surface area contributed by atoms with Crippen LogP contribution in [0.25, 0.3) is 5.69 Å². The molecule has 0 aliphatic carbocycles. The predicted octanol–water partition coefficient (Wildman–Crippen LogP) is 1.67. The number of hydrogen-bond acceptors (Lipinski definition) is 1. The van der Waals surface area contributed by atoms with E-state index in [1.807, 2.05) is 30.3 Å². The molecule has 2 rings (SSSR count). The smallest absolute Gasteiger partial charge is 0.0926 e. The zero-order valence-corrected chi connectivity index (χ0v) is 5.94. The van der Waals surface area contributed by atoms with Gasteiger partial charge in [-0.3, -0.25) is 0 Å². The highest BCUT2D eigenvalue weighted by molar-refractivity contribution is 5.29. The summed E-state index contributed by atoms with van der Waals surface area (Å²) in [6.07, 6.45) is 4.67. The van der Waals surface area contributed by atoms with Crippen LogP contribution in [0.2, 0.25) is 0 Å². The Morgan fingerprint density at radius 2 is 2.00 bits per heavy atom. The second kappa shape index (κ2) is 2.58. The Hall–Kier alpha value is -1.57. The fraction of sp³-hybridized carbons (Fsp3) is 0. The molecule has 2 aromatic rings. The number of hydrogen-bond donors (Lipinski definition) is 0. The first-order valence-corrected chi connectivity index (χ1v) is 3.44. The number of para-hydroxylation sites is 1. The first kappa shape index (κ1) is 6.16. The molecule has 1 aromatic carbocycles. The molecule has 0 N–H and O–H groups in total. The van der Waals surface area contributed by atoms with E-state index in [4.69, 9.17) is 0 Å². The third kappa shape index (κ3) is 1.15. The van der Waals surface area contributed by atoms with Gasteiger partial charge in [-0.15, -0.1) is 0 Å². The van der Waals surface area contributed by atoms with Crippen LogP contribution in [-0.4, -0.2) is 9.78 Å². The highest BCUT2D eigenvalue weighted by atomic mass is 15.3. The van der Waals surface area contributed by atoms with Gasteiger partial charge in [0, 0.05) is 0 Å². The molecule has 0 unspecified atom stereocenters. The topological polar surface area (TPSA) is 17.8 Å². The molecule has 0 atom stereocenters. The maximum atomic E-state index is 4.05. The van der Waals surface area contributed by atoms with Gasteiger partial charge in [-0.1, -0.05) is 18.2 Å². The van der Waals surface area contributed by atoms with Crippen LogP contribution in [0, 0.1) is 6.20 Å². The average Bonchev–Trinajstić information content (AvgIpc) is 2.58. The number of rotatable bonds is 1. The second-order valence-corrected chi connectivity index (χ2v) is 2.21. The molecular formula is C9H7N2. The maximum Gasteiger partial charge on any atom is 0.0926 e. The first-order valence-electron chi connectivity index (χ1n) is 3.44. The Labute approximate surface area is 65.1 Å². The monoisotopic (exact) mass is 143 g/mol. The van der Waals surface area contributed by atoms with E-state index in [0.717, 1.165) is 5.69 Å². The lowest BCUT2D eigenvalue weighted by Gasteiger charge is -1.97. The summed E-state index contributed by atoms with van der Waals surface area (Å²) in [6, 6.07) is 11.7. The van der Waals surface area contributed by atoms with Gasteiger partial charge in [0.2, 0.25) is 0 Å². The zero-order valence-electron chi connectivity index (χ0n) is 5.94. The van der Waals surface area contributed by atoms with Gasteiger partial charge in [-0.25, -0.2) is 4.68 Å². The summed E-state index contributed by atoms with van der Waals surface area (Å²) in [7, 11) is 0. The van der Waals surface area contributed by atoms with Crippen molar-refractivity contribution in [2.75, 3.05) is 0 Å². The van der Waals surface area contributed by atoms with Crippen LogP contribution in [0.15, 0.2) is 42.6 Å². The van der Waals surface area contributed by atoms with Gasteiger partial charge in [0.1, 0.15) is 0 Å². The van der Waals surface area contributed by atoms with E-state index in [1.54, 1.807) is 16.9 Å². The molecule has 2 heteroatoms. The molecular weight excluding hydrogens is 136 g/mol. The van der Waals surface area contributed by atoms with Crippen LogP contribution in [-0.2, 0) is 0 Å². The molecule has 53 valence electrons. The predicted molar refractivity (Wildman–Crippen MR) is 42.4 cm³/mol. The van der Waals surface area contributed by atoms with Crippen molar-refractivity contribution in [1.29, 1.82) is 0 Å². The van der Waals surface area contributed by atoms with Gasteiger partial charge in [-0.05, 0) is 18.2 Å². The largest absolute Gasteiger partial charge is 0.232 e. The standard InChI is InChI=1S/C9H7N2/c1-2-5-9(6-3-1)11-8-4-7-10-11/h1-7H. The van der Waals surface area contributed by atoms with Gasteiger partial charge < -0.3 is 0 Å². The van der Waals surface area contributed by atoms with Crippen LogP contribution >= 0.6 is 0 Å². The Morgan fingerprint density at radius 3 is 2.64 bits per heavy atom. The second-order valence-electron chi connectivity index (χ2n) is 2.21. The summed E-state index contributed by atoms with van der Waals surface area (Å²) in [5, 5.41) is 4.05. The van der Waals surface area contributed by atoms with E-state index in [-0.39, 0.29) is 0 Å². The fourth-order valence-electron chi connectivity index (χ4n) is 0.948. The lowest BCUT2D eigenvalue weighted by Crippen LogP contribution is -1.92. The van der Waals surface area contributed by atoms with Crippen LogP contribution in [0.4, 0.5) is 0 Å². The van der Waals surface area contributed by atoms with Crippen molar-refractivity contribution in [3.05, 3.63) is 48.8 Å². The molecule has 0 fully saturated rings. The van der Waals surface area contributed by atoms with E-state index in [1.165, 1.54) is 0 Å². The van der Waals surface area contributed by atoms with Gasteiger partial charge in [-0.2, -0.15) is 5.10 Å². The Balaban J connectivity index is 2.46. The normalized spacial score (nSPS) is 9.82. The minimum atomic E-state index is 1.04. The van der Waals surface area contributed by atoms with Crippen molar-refractivity contribution in [3.63, 3.8) is 0 Å². The molecule has 0 spiro atoms. The fourth-order valence-corrected chi connectivity index (χ4v) is 0.948. The Morgan fingerprint density at radius 1 is 1.18 bits per heavy atom. The highest BCUT2D eigenvalue weighted by Crippen LogP contribution is 2.02. The minimum Gasteiger partial charge on any atom is -0.232 e. The van der Waals surface area contributed by atoms with E-state index in [2.05, 4.69) is 11.3 Å². The summed E-state index contributed by atoms with van der Waals surface area (Å²) in [4.78, 5) is 0. The van der Waals surface area contributed by atoms with Crippen molar-refractivity contribution in [2.45, 2.75) is 0 Å². The minimum absolute atomic E-state index is 1.04. The maximum absolute atomic E-state index is 4.05. The first-order chi connectivity index (χ1) is 5.47. The number of benzene rings is 1. The molecule has 0 aliphatic heterocycles. The molecule has 0 saturated heterocycles. The zero-order chi connectivity index (χ0) is 7.52. The molecule has 1 heterocycles. The van der Waals surface area contributed by atoms with E-state index in [0.29, 0.717) is 0 Å². The van der Waals surface area contributed by atoms with Gasteiger partial charge >= 0.3 is 0 Å². The molecule has 0 saturated carbocycles. The van der Waals surface area contributed by atoms with E-state index in [9.17, 15) is 0 Å². The van der Waals surface area contributed by atoms with Crippen molar-refractivity contribution in [3.8, 4) is 5.69 Å². The lowest BCUT2D eigenvalue weighted by atomic mass is 10.3. The lowest BCUT2D eigenvalue weighted by molar-refractivity contribution is 0.874. The third-order valence-electron chi connectivity index (χ3n) is 1.45. The van der Waals surface area contributed by atoms with Crippen molar-refractivity contribution >= 4 is 0 Å².